The van der Waals surface area contributed by atoms with E-state index in [0.29, 0.717) is 12.0 Å². The Kier molecular flexibility index (Phi) is 5.97. The molecule has 16 heavy (non-hydrogen) atoms. The van der Waals surface area contributed by atoms with Crippen LogP contribution >= 0.6 is 27.3 Å². The molecule has 0 amide bonds. The fourth-order valence-corrected chi connectivity index (χ4v) is 3.02. The zero-order valence-corrected chi connectivity index (χ0v) is 12.9. The quantitative estimate of drug-likeness (QED) is 0.868. The zero-order chi connectivity index (χ0) is 12.1. The van der Waals surface area contributed by atoms with Gasteiger partial charge in [-0.25, -0.2) is 0 Å². The molecule has 1 aromatic heterocycles. The fraction of sp³-hybridized carbons (Fsp3) is 0.667. The summed E-state index contributed by atoms with van der Waals surface area (Å²) in [6, 6.07) is 2.65. The summed E-state index contributed by atoms with van der Waals surface area (Å²) in [6.45, 7) is 6.57. The lowest BCUT2D eigenvalue weighted by molar-refractivity contribution is 0.288. The van der Waals surface area contributed by atoms with Gasteiger partial charge in [0.05, 0.1) is 0 Å². The third-order valence-corrected chi connectivity index (χ3v) is 4.51. The van der Waals surface area contributed by atoms with Crippen LogP contribution in [0.15, 0.2) is 15.9 Å². The van der Waals surface area contributed by atoms with Gasteiger partial charge >= 0.3 is 0 Å². The van der Waals surface area contributed by atoms with Crippen molar-refractivity contribution in [1.29, 1.82) is 0 Å². The first-order valence-electron chi connectivity index (χ1n) is 5.60. The summed E-state index contributed by atoms with van der Waals surface area (Å²) in [4.78, 5) is 3.62. The highest BCUT2D eigenvalue weighted by atomic mass is 79.9. The second kappa shape index (κ2) is 6.74. The van der Waals surface area contributed by atoms with E-state index in [1.54, 1.807) is 11.3 Å². The predicted octanol–water partition coefficient (Wildman–Crippen LogP) is 3.19. The molecule has 0 aliphatic carbocycles. The van der Waals surface area contributed by atoms with E-state index in [4.69, 9.17) is 0 Å². The molecule has 1 aromatic rings. The first-order valence-corrected chi connectivity index (χ1v) is 7.28. The van der Waals surface area contributed by atoms with Crippen LogP contribution in [0.4, 0.5) is 0 Å². The average molecular weight is 305 g/mol. The van der Waals surface area contributed by atoms with Crippen LogP contribution in [0.1, 0.15) is 18.7 Å². The van der Waals surface area contributed by atoms with Gasteiger partial charge in [0, 0.05) is 28.5 Å². The number of thiophene rings is 1. The Bertz CT molecular complexity index is 310. The second-order valence-corrected chi connectivity index (χ2v) is 6.54. The van der Waals surface area contributed by atoms with Gasteiger partial charge in [0.15, 0.2) is 0 Å². The molecule has 92 valence electrons. The maximum Gasteiger partial charge on any atom is 0.0327 e. The van der Waals surface area contributed by atoms with Crippen LogP contribution in [0.25, 0.3) is 0 Å². The molecule has 1 rings (SSSR count). The number of halogens is 1. The Morgan fingerprint density at radius 1 is 1.44 bits per heavy atom. The van der Waals surface area contributed by atoms with Crippen molar-refractivity contribution in [2.75, 3.05) is 20.6 Å². The summed E-state index contributed by atoms with van der Waals surface area (Å²) < 4.78 is 1.22. The lowest BCUT2D eigenvalue weighted by Gasteiger charge is -2.25. The van der Waals surface area contributed by atoms with Crippen LogP contribution < -0.4 is 5.32 Å². The smallest absolute Gasteiger partial charge is 0.0327 e. The van der Waals surface area contributed by atoms with E-state index in [1.807, 2.05) is 0 Å². The molecule has 0 saturated carbocycles. The SMILES string of the molecule is CC(C)C(CN(C)C)NCc1sccc1Br. The molecular weight excluding hydrogens is 284 g/mol. The minimum atomic E-state index is 0.545. The van der Waals surface area contributed by atoms with Crippen molar-refractivity contribution in [2.24, 2.45) is 5.92 Å². The Balaban J connectivity index is 2.47. The third kappa shape index (κ3) is 4.53. The summed E-state index contributed by atoms with van der Waals surface area (Å²) in [5.41, 5.74) is 0. The van der Waals surface area contributed by atoms with E-state index >= 15 is 0 Å². The van der Waals surface area contributed by atoms with Gasteiger partial charge in [-0.05, 0) is 47.4 Å². The highest BCUT2D eigenvalue weighted by Crippen LogP contribution is 2.22. The normalized spacial score (nSPS) is 13.7. The number of nitrogens with zero attached hydrogens (tertiary/aromatic N) is 1. The number of hydrogen-bond donors (Lipinski definition) is 1. The van der Waals surface area contributed by atoms with Crippen LogP contribution in [0.2, 0.25) is 0 Å². The molecule has 0 radical (unpaired) electrons. The predicted molar refractivity (Wildman–Crippen MR) is 76.0 cm³/mol. The van der Waals surface area contributed by atoms with E-state index in [1.165, 1.54) is 9.35 Å². The molecule has 0 aromatic carbocycles. The van der Waals surface area contributed by atoms with Crippen LogP contribution in [0.5, 0.6) is 0 Å². The molecule has 1 atom stereocenters. The lowest BCUT2D eigenvalue weighted by Crippen LogP contribution is -2.41. The molecule has 0 spiro atoms. The van der Waals surface area contributed by atoms with Gasteiger partial charge in [0.1, 0.15) is 0 Å². The van der Waals surface area contributed by atoms with Crippen LogP contribution in [-0.4, -0.2) is 31.6 Å². The third-order valence-electron chi connectivity index (χ3n) is 2.58. The van der Waals surface area contributed by atoms with Crippen LogP contribution in [-0.2, 0) is 6.54 Å². The van der Waals surface area contributed by atoms with Gasteiger partial charge in [-0.2, -0.15) is 0 Å². The van der Waals surface area contributed by atoms with Crippen molar-refractivity contribution in [2.45, 2.75) is 26.4 Å². The number of rotatable bonds is 6. The topological polar surface area (TPSA) is 15.3 Å². The number of nitrogens with one attached hydrogen (secondary N) is 1. The van der Waals surface area contributed by atoms with Gasteiger partial charge in [0.25, 0.3) is 0 Å². The van der Waals surface area contributed by atoms with Gasteiger partial charge in [-0.15, -0.1) is 11.3 Å². The summed E-state index contributed by atoms with van der Waals surface area (Å²) in [7, 11) is 4.25. The van der Waals surface area contributed by atoms with E-state index in [0.717, 1.165) is 13.1 Å². The summed E-state index contributed by atoms with van der Waals surface area (Å²) in [6.07, 6.45) is 0. The van der Waals surface area contributed by atoms with Crippen molar-refractivity contribution in [3.05, 3.63) is 20.8 Å². The minimum absolute atomic E-state index is 0.545. The maximum absolute atomic E-state index is 3.63. The van der Waals surface area contributed by atoms with Crippen LogP contribution in [0, 0.1) is 5.92 Å². The Labute approximate surface area is 111 Å². The molecule has 0 aliphatic heterocycles. The molecule has 0 aliphatic rings. The largest absolute Gasteiger partial charge is 0.308 e. The molecular formula is C12H21BrN2S. The molecule has 1 unspecified atom stereocenters. The Morgan fingerprint density at radius 2 is 2.12 bits per heavy atom. The maximum atomic E-state index is 3.63. The first kappa shape index (κ1) is 14.2. The summed E-state index contributed by atoms with van der Waals surface area (Å²) in [5, 5.41) is 5.75. The van der Waals surface area contributed by atoms with Gasteiger partial charge < -0.3 is 10.2 Å². The molecule has 0 bridgehead atoms. The van der Waals surface area contributed by atoms with Crippen molar-refractivity contribution in [1.82, 2.24) is 10.2 Å². The highest BCUT2D eigenvalue weighted by Gasteiger charge is 2.14. The monoisotopic (exact) mass is 304 g/mol. The molecule has 1 N–H and O–H groups in total. The zero-order valence-electron chi connectivity index (χ0n) is 10.5. The van der Waals surface area contributed by atoms with E-state index in [9.17, 15) is 0 Å². The molecule has 0 fully saturated rings. The van der Waals surface area contributed by atoms with E-state index in [-0.39, 0.29) is 0 Å². The van der Waals surface area contributed by atoms with Crippen molar-refractivity contribution < 1.29 is 0 Å². The molecule has 2 nitrogen and oxygen atoms in total. The highest BCUT2D eigenvalue weighted by molar-refractivity contribution is 9.10. The first-order chi connectivity index (χ1) is 7.50. The lowest BCUT2D eigenvalue weighted by atomic mass is 10.0. The number of likely N-dealkylation sites (N-methyl/N-ethyl adjacent to an activating group) is 1. The molecule has 0 saturated heterocycles. The summed E-state index contributed by atoms with van der Waals surface area (Å²) >= 11 is 5.36. The summed E-state index contributed by atoms with van der Waals surface area (Å²) in [5.74, 6) is 0.654. The van der Waals surface area contributed by atoms with Crippen molar-refractivity contribution in [3.8, 4) is 0 Å². The van der Waals surface area contributed by atoms with E-state index < -0.39 is 0 Å². The van der Waals surface area contributed by atoms with Crippen molar-refractivity contribution in [3.63, 3.8) is 0 Å². The average Bonchev–Trinajstić information content (AvgIpc) is 2.57. The van der Waals surface area contributed by atoms with E-state index in [2.05, 4.69) is 65.5 Å². The fourth-order valence-electron chi connectivity index (χ4n) is 1.58. The standard InChI is InChI=1S/C12H21BrN2S/c1-9(2)11(8-15(3)4)14-7-12-10(13)5-6-16-12/h5-6,9,11,14H,7-8H2,1-4H3. The van der Waals surface area contributed by atoms with Gasteiger partial charge in [-0.3, -0.25) is 0 Å². The van der Waals surface area contributed by atoms with Crippen molar-refractivity contribution >= 4 is 27.3 Å². The number of hydrogen-bond acceptors (Lipinski definition) is 3. The van der Waals surface area contributed by atoms with Gasteiger partial charge in [0.2, 0.25) is 0 Å². The second-order valence-electron chi connectivity index (χ2n) is 4.69. The Hall–Kier alpha value is 0.100. The van der Waals surface area contributed by atoms with Crippen LogP contribution in [0.3, 0.4) is 0 Å². The minimum Gasteiger partial charge on any atom is -0.308 e. The molecule has 4 heteroatoms. The van der Waals surface area contributed by atoms with Gasteiger partial charge in [-0.1, -0.05) is 13.8 Å². The Morgan fingerprint density at radius 3 is 2.56 bits per heavy atom. The molecule has 1 heterocycles.